The molecule has 4 fully saturated rings. The Morgan fingerprint density at radius 3 is 2.74 bits per heavy atom. The average molecular weight is 268 g/mol. The number of ketones is 1. The number of rotatable bonds is 1. The zero-order valence-corrected chi connectivity index (χ0v) is 11.3. The van der Waals surface area contributed by atoms with Crippen LogP contribution in [0.4, 0.5) is 0 Å². The number of carbonyl (C=O) groups excluding carboxylic acids is 2. The first-order valence-electron chi connectivity index (χ1n) is 6.82. The van der Waals surface area contributed by atoms with Gasteiger partial charge in [0.05, 0.1) is 30.1 Å². The summed E-state index contributed by atoms with van der Waals surface area (Å²) in [6.45, 7) is 1.68. The minimum atomic E-state index is -1.21. The molecule has 1 spiro atoms. The van der Waals surface area contributed by atoms with Gasteiger partial charge in [0, 0.05) is 11.8 Å². The fourth-order valence-corrected chi connectivity index (χ4v) is 5.03. The minimum Gasteiger partial charge on any atom is -0.469 e. The average Bonchev–Trinajstić information content (AvgIpc) is 2.66. The van der Waals surface area contributed by atoms with Crippen molar-refractivity contribution in [2.24, 2.45) is 16.7 Å². The normalized spacial score (nSPS) is 52.1. The molecule has 5 atom stereocenters. The van der Waals surface area contributed by atoms with Gasteiger partial charge in [-0.15, -0.1) is 0 Å². The second kappa shape index (κ2) is 3.58. The maximum absolute atomic E-state index is 12.3. The van der Waals surface area contributed by atoms with Gasteiger partial charge in [-0.05, 0) is 32.6 Å². The second-order valence-electron chi connectivity index (χ2n) is 6.71. The Morgan fingerprint density at radius 1 is 1.42 bits per heavy atom. The molecule has 0 unspecified atom stereocenters. The third kappa shape index (κ3) is 1.28. The molecular formula is C14H20O5. The number of hydrogen-bond donors (Lipinski definition) is 2. The minimum absolute atomic E-state index is 0.113. The highest BCUT2D eigenvalue weighted by molar-refractivity contribution is 5.93. The van der Waals surface area contributed by atoms with Crippen molar-refractivity contribution in [2.75, 3.05) is 7.11 Å². The van der Waals surface area contributed by atoms with Gasteiger partial charge in [-0.3, -0.25) is 9.59 Å². The SMILES string of the molecule is COC(=O)[C@]1(C)C[C@]23CCC[C@]2(O)[C@@H](O)[C@H]1C(=O)C3. The maximum Gasteiger partial charge on any atom is 0.312 e. The summed E-state index contributed by atoms with van der Waals surface area (Å²) >= 11 is 0. The Morgan fingerprint density at radius 2 is 2.11 bits per heavy atom. The quantitative estimate of drug-likeness (QED) is 0.673. The molecule has 0 aromatic heterocycles. The summed E-state index contributed by atoms with van der Waals surface area (Å²) in [5.41, 5.74) is -2.87. The predicted molar refractivity (Wildman–Crippen MR) is 65.1 cm³/mol. The number of aliphatic hydroxyl groups excluding tert-OH is 1. The summed E-state index contributed by atoms with van der Waals surface area (Å²) in [5.74, 6) is -1.42. The van der Waals surface area contributed by atoms with Crippen molar-refractivity contribution < 1.29 is 24.5 Å². The van der Waals surface area contributed by atoms with Crippen LogP contribution >= 0.6 is 0 Å². The molecule has 19 heavy (non-hydrogen) atoms. The van der Waals surface area contributed by atoms with Crippen LogP contribution in [0.15, 0.2) is 0 Å². The summed E-state index contributed by atoms with van der Waals surface area (Å²) in [5, 5.41) is 21.3. The maximum atomic E-state index is 12.3. The Kier molecular flexibility index (Phi) is 2.46. The van der Waals surface area contributed by atoms with Crippen molar-refractivity contribution in [3.05, 3.63) is 0 Å². The fourth-order valence-electron chi connectivity index (χ4n) is 5.03. The second-order valence-corrected chi connectivity index (χ2v) is 6.71. The van der Waals surface area contributed by atoms with Crippen LogP contribution < -0.4 is 0 Å². The van der Waals surface area contributed by atoms with Crippen molar-refractivity contribution in [1.29, 1.82) is 0 Å². The highest BCUT2D eigenvalue weighted by atomic mass is 16.5. The topological polar surface area (TPSA) is 83.8 Å². The van der Waals surface area contributed by atoms with Crippen LogP contribution in [0.1, 0.15) is 39.0 Å². The van der Waals surface area contributed by atoms with Gasteiger partial charge in [-0.2, -0.15) is 0 Å². The molecule has 5 heteroatoms. The van der Waals surface area contributed by atoms with Crippen LogP contribution in [-0.4, -0.2) is 40.8 Å². The van der Waals surface area contributed by atoms with E-state index in [9.17, 15) is 19.8 Å². The van der Waals surface area contributed by atoms with E-state index in [1.54, 1.807) is 6.92 Å². The molecule has 4 aliphatic carbocycles. The van der Waals surface area contributed by atoms with Crippen molar-refractivity contribution in [2.45, 2.75) is 50.7 Å². The first-order valence-corrected chi connectivity index (χ1v) is 6.82. The van der Waals surface area contributed by atoms with E-state index in [1.165, 1.54) is 7.11 Å². The summed E-state index contributed by atoms with van der Waals surface area (Å²) in [6.07, 6.45) is 1.52. The van der Waals surface area contributed by atoms with Crippen LogP contribution in [0.25, 0.3) is 0 Å². The van der Waals surface area contributed by atoms with Crippen LogP contribution in [0.5, 0.6) is 0 Å². The molecule has 0 aliphatic heterocycles. The zero-order chi connectivity index (χ0) is 14.1. The molecule has 0 aromatic rings. The van der Waals surface area contributed by atoms with E-state index in [0.717, 1.165) is 6.42 Å². The Balaban J connectivity index is 2.13. The van der Waals surface area contributed by atoms with Gasteiger partial charge in [0.25, 0.3) is 0 Å². The predicted octanol–water partition coefficient (Wildman–Crippen LogP) is 0.421. The third-order valence-electron chi connectivity index (χ3n) is 5.84. The summed E-state index contributed by atoms with van der Waals surface area (Å²) in [7, 11) is 1.30. The molecule has 4 aliphatic rings. The van der Waals surface area contributed by atoms with E-state index in [0.29, 0.717) is 19.3 Å². The van der Waals surface area contributed by atoms with Gasteiger partial charge >= 0.3 is 5.97 Å². The monoisotopic (exact) mass is 268 g/mol. The lowest BCUT2D eigenvalue weighted by Gasteiger charge is -2.61. The lowest BCUT2D eigenvalue weighted by atomic mass is 9.44. The standard InChI is InChI=1S/C14H20O5/c1-12(11(17)19-2)7-13-4-3-5-14(13,18)10(16)9(12)8(15)6-13/h9-10,16,18H,3-7H2,1-2H3/t9-,10+,12-,13-,14+/m1/s1. The van der Waals surface area contributed by atoms with Crippen molar-refractivity contribution in [1.82, 2.24) is 0 Å². The molecule has 2 bridgehead atoms. The highest BCUT2D eigenvalue weighted by Crippen LogP contribution is 2.67. The van der Waals surface area contributed by atoms with Gasteiger partial charge in [0.2, 0.25) is 0 Å². The number of aliphatic hydroxyl groups is 2. The van der Waals surface area contributed by atoms with Gasteiger partial charge in [0.1, 0.15) is 5.78 Å². The summed E-state index contributed by atoms with van der Waals surface area (Å²) in [6, 6.07) is 0. The van der Waals surface area contributed by atoms with Crippen LogP contribution in [0.3, 0.4) is 0 Å². The van der Waals surface area contributed by atoms with Gasteiger partial charge < -0.3 is 14.9 Å². The Hall–Kier alpha value is -0.940. The van der Waals surface area contributed by atoms with E-state index in [-0.39, 0.29) is 12.2 Å². The van der Waals surface area contributed by atoms with E-state index < -0.39 is 34.4 Å². The molecule has 2 N–H and O–H groups in total. The lowest BCUT2D eigenvalue weighted by Crippen LogP contribution is -2.72. The number of carbonyl (C=O) groups is 2. The largest absolute Gasteiger partial charge is 0.469 e. The highest BCUT2D eigenvalue weighted by Gasteiger charge is 2.74. The smallest absolute Gasteiger partial charge is 0.312 e. The molecule has 0 amide bonds. The molecular weight excluding hydrogens is 248 g/mol. The molecule has 0 aromatic carbocycles. The summed E-state index contributed by atoms with van der Waals surface area (Å²) in [4.78, 5) is 24.4. The van der Waals surface area contributed by atoms with Crippen LogP contribution in [-0.2, 0) is 14.3 Å². The Bertz CT molecular complexity index is 461. The third-order valence-corrected chi connectivity index (χ3v) is 5.84. The molecule has 4 saturated carbocycles. The molecule has 5 nitrogen and oxygen atoms in total. The number of methoxy groups -OCH3 is 1. The fraction of sp³-hybridized carbons (Fsp3) is 0.857. The van der Waals surface area contributed by atoms with E-state index >= 15 is 0 Å². The lowest BCUT2D eigenvalue weighted by molar-refractivity contribution is -0.247. The Labute approximate surface area is 111 Å². The number of ether oxygens (including phenoxy) is 1. The van der Waals surface area contributed by atoms with Crippen molar-refractivity contribution in [3.63, 3.8) is 0 Å². The molecule has 4 rings (SSSR count). The van der Waals surface area contributed by atoms with Gasteiger partial charge in [-0.25, -0.2) is 0 Å². The first kappa shape index (κ1) is 13.1. The molecule has 0 heterocycles. The number of Topliss-reactive ketones (excluding diaryl/α,β-unsaturated/α-hetero) is 1. The zero-order valence-electron chi connectivity index (χ0n) is 11.3. The van der Waals surface area contributed by atoms with Crippen molar-refractivity contribution in [3.8, 4) is 0 Å². The molecule has 0 saturated heterocycles. The van der Waals surface area contributed by atoms with Gasteiger partial charge in [-0.1, -0.05) is 0 Å². The van der Waals surface area contributed by atoms with Crippen LogP contribution in [0.2, 0.25) is 0 Å². The van der Waals surface area contributed by atoms with E-state index in [2.05, 4.69) is 0 Å². The first-order chi connectivity index (χ1) is 8.81. The summed E-state index contributed by atoms with van der Waals surface area (Å²) < 4.78 is 4.84. The molecule has 0 radical (unpaired) electrons. The van der Waals surface area contributed by atoms with E-state index in [4.69, 9.17) is 4.74 Å². The van der Waals surface area contributed by atoms with Crippen molar-refractivity contribution >= 4 is 11.8 Å². The van der Waals surface area contributed by atoms with Crippen LogP contribution in [0, 0.1) is 16.7 Å². The number of esters is 1. The number of fused-ring (bicyclic) bond motifs is 2. The number of hydrogen-bond acceptors (Lipinski definition) is 5. The molecule has 106 valence electrons. The van der Waals surface area contributed by atoms with E-state index in [1.807, 2.05) is 0 Å². The van der Waals surface area contributed by atoms with Gasteiger partial charge in [0.15, 0.2) is 0 Å².